The van der Waals surface area contributed by atoms with Gasteiger partial charge in [-0.05, 0) is 260 Å². The Labute approximate surface area is 742 Å². The normalized spacial score (nSPS) is 12.8. The van der Waals surface area contributed by atoms with Gasteiger partial charge in [0.05, 0.1) is 62.4 Å². The highest BCUT2D eigenvalue weighted by molar-refractivity contribution is 9.10. The van der Waals surface area contributed by atoms with Gasteiger partial charge in [-0.1, -0.05) is 174 Å². The van der Waals surface area contributed by atoms with Crippen molar-refractivity contribution in [2.45, 2.75) is 132 Å². The lowest BCUT2D eigenvalue weighted by molar-refractivity contribution is 0.0591. The number of benzene rings is 12. The third-order valence-electron chi connectivity index (χ3n) is 23.3. The van der Waals surface area contributed by atoms with E-state index in [9.17, 15) is 43.5 Å². The number of halogens is 2. The standard InChI is InChI=1S/C32H42N2O4Si.C26H28N2O4.C21H18BrNO3.C11H7BrO2.C10H13NO2/c1-21-13-14-26(31(36)37-6)22(2)29(21)33-30(35)28-20-24(19-23-11-9-10-12-27(23)28)34-17-15-25(16-18-34)38-39(7,8)32(3,4)5;1-16-8-9-21(26(31)32-3)17(2)24(16)27-25(30)23-15-19(28-12-10-20(29)11-13-28)14-18-6-4-5-7-22(18)23;1-12-8-9-16(21(25)26-3)13(2)19(12)23-20(24)18-11-15(22)10-14-6-4-5-7-17(14)18;12-8-5-7-3-1-2-4-9(7)10(6-8)11(13)14;1-6-4-5-8(10(12)13-3)7(2)9(6)11/h9-14,19-20,25H,15-18H2,1-8H3,(H,33,35);4-9,14-15,20,29H,10-13H2,1-3H3,(H,27,30);4-11H,1-3H3,(H,23,24);1-6H,(H,13,14);4-5H,11H2,1-3H3. The SMILES string of the molecule is COC(=O)c1ccc(C)c(N)c1C.COC(=O)c1ccc(C)c(NC(=O)c2cc(Br)cc3ccccc23)c1C.COC(=O)c1ccc(C)c(NC(=O)c2cc(N3CCC(O)CC3)cc3ccccc23)c1C.COC(=O)c1ccc(C)c(NC(=O)c2cc(N3CCC(O[Si](C)(C)C(C)(C)C)CC3)cc3ccccc23)c1C.O=C(O)c1cc(Br)cc2ccccc12. The highest BCUT2D eigenvalue weighted by Crippen LogP contribution is 2.41. The molecule has 12 aromatic carbocycles. The Morgan fingerprint density at radius 2 is 0.685 bits per heavy atom. The second kappa shape index (κ2) is 41.4. The van der Waals surface area contributed by atoms with Crippen molar-refractivity contribution in [3.8, 4) is 0 Å². The highest BCUT2D eigenvalue weighted by atomic mass is 79.9. The van der Waals surface area contributed by atoms with Gasteiger partial charge in [-0.25, -0.2) is 24.0 Å². The lowest BCUT2D eigenvalue weighted by Gasteiger charge is -2.42. The lowest BCUT2D eigenvalue weighted by atomic mass is 9.99. The number of aromatic carboxylic acids is 1. The zero-order chi connectivity index (χ0) is 90.3. The molecule has 2 saturated heterocycles. The number of fused-ring (bicyclic) bond motifs is 4. The molecule has 21 nitrogen and oxygen atoms in total. The Kier molecular flexibility index (Phi) is 31.5. The van der Waals surface area contributed by atoms with E-state index in [0.717, 1.165) is 130 Å². The fourth-order valence-electron chi connectivity index (χ4n) is 15.0. The Morgan fingerprint density at radius 1 is 0.395 bits per heavy atom. The summed E-state index contributed by atoms with van der Waals surface area (Å²) >= 11 is 6.75. The number of aliphatic hydroxyl groups excluding tert-OH is 1. The number of rotatable bonds is 15. The fourth-order valence-corrected chi connectivity index (χ4v) is 17.4. The van der Waals surface area contributed by atoms with Crippen molar-refractivity contribution < 1.29 is 71.9 Å². The number of nitrogens with one attached hydrogen (secondary N) is 3. The van der Waals surface area contributed by atoms with Gasteiger partial charge in [0.2, 0.25) is 0 Å². The highest BCUT2D eigenvalue weighted by Gasteiger charge is 2.40. The molecule has 0 spiro atoms. The van der Waals surface area contributed by atoms with Crippen molar-refractivity contribution in [3.05, 3.63) is 292 Å². The first-order valence-corrected chi connectivity index (χ1v) is 45.3. The topological polar surface area (TPSA) is 292 Å². The van der Waals surface area contributed by atoms with Crippen LogP contribution in [-0.2, 0) is 23.4 Å². The minimum atomic E-state index is -1.81. The summed E-state index contributed by atoms with van der Waals surface area (Å²) in [7, 11) is 3.59. The smallest absolute Gasteiger partial charge is 0.338 e. The molecular formula is C100H108Br2N6O15Si. The van der Waals surface area contributed by atoms with Crippen molar-refractivity contribution in [2.75, 3.05) is 86.1 Å². The van der Waals surface area contributed by atoms with Crippen LogP contribution in [0.15, 0.2) is 203 Å². The van der Waals surface area contributed by atoms with Gasteiger partial charge in [-0.3, -0.25) is 14.4 Å². The average molecular weight is 1820 g/mol. The van der Waals surface area contributed by atoms with Crippen LogP contribution < -0.4 is 31.5 Å². The zero-order valence-electron chi connectivity index (χ0n) is 73.2. The number of hydrogen-bond donors (Lipinski definition) is 6. The first-order chi connectivity index (χ1) is 58.9. The van der Waals surface area contributed by atoms with E-state index in [0.29, 0.717) is 96.8 Å². The van der Waals surface area contributed by atoms with Gasteiger partial charge in [-0.2, -0.15) is 0 Å². The number of aryl methyl sites for hydroxylation is 4. The van der Waals surface area contributed by atoms with Crippen LogP contribution >= 0.6 is 31.9 Å². The van der Waals surface area contributed by atoms with Crippen molar-refractivity contribution in [2.24, 2.45) is 0 Å². The predicted molar refractivity (Wildman–Crippen MR) is 506 cm³/mol. The van der Waals surface area contributed by atoms with Gasteiger partial charge in [0.15, 0.2) is 8.32 Å². The summed E-state index contributed by atoms with van der Waals surface area (Å²) in [5.41, 5.74) is 20.7. The van der Waals surface area contributed by atoms with Crippen LogP contribution in [0, 0.1) is 55.4 Å². The number of carbonyl (C=O) groups is 8. The molecule has 24 heteroatoms. The van der Waals surface area contributed by atoms with Crippen molar-refractivity contribution in [1.82, 2.24) is 0 Å². The predicted octanol–water partition coefficient (Wildman–Crippen LogP) is 22.2. The number of methoxy groups -OCH3 is 4. The molecule has 0 bridgehead atoms. The van der Waals surface area contributed by atoms with Gasteiger partial charge in [0.1, 0.15) is 0 Å². The van der Waals surface area contributed by atoms with E-state index in [-0.39, 0.29) is 40.9 Å². The summed E-state index contributed by atoms with van der Waals surface area (Å²) in [6, 6.07) is 60.6. The molecule has 0 atom stereocenters. The fraction of sp³-hybridized carbons (Fsp3) is 0.280. The summed E-state index contributed by atoms with van der Waals surface area (Å²) in [6.45, 7) is 29.6. The lowest BCUT2D eigenvalue weighted by Crippen LogP contribution is -2.47. The summed E-state index contributed by atoms with van der Waals surface area (Å²) in [5, 5.41) is 35.5. The number of amides is 3. The molecule has 0 aliphatic carbocycles. The Morgan fingerprint density at radius 3 is 1.02 bits per heavy atom. The number of ether oxygens (including phenoxy) is 4. The third kappa shape index (κ3) is 22.3. The maximum absolute atomic E-state index is 13.8. The first-order valence-electron chi connectivity index (χ1n) is 40.8. The summed E-state index contributed by atoms with van der Waals surface area (Å²) in [6.07, 6.45) is 3.39. The van der Waals surface area contributed by atoms with E-state index < -0.39 is 32.2 Å². The number of esters is 4. The molecule has 2 aliphatic rings. The van der Waals surface area contributed by atoms with Crippen LogP contribution in [0.5, 0.6) is 0 Å². The summed E-state index contributed by atoms with van der Waals surface area (Å²) < 4.78 is 27.6. The maximum Gasteiger partial charge on any atom is 0.338 e. The van der Waals surface area contributed by atoms with E-state index in [4.69, 9.17) is 29.5 Å². The Balaban J connectivity index is 0.000000171. The molecule has 0 unspecified atom stereocenters. The van der Waals surface area contributed by atoms with Gasteiger partial charge in [0, 0.05) is 92.0 Å². The number of nitrogens with zero attached hydrogens (tertiary/aromatic N) is 2. The molecule has 124 heavy (non-hydrogen) atoms. The number of nitrogen functional groups attached to an aromatic ring is 1. The number of carboxylic acids is 1. The van der Waals surface area contributed by atoms with Crippen LogP contribution in [0.2, 0.25) is 18.1 Å². The number of anilines is 6. The molecular weight excluding hydrogens is 1710 g/mol. The summed E-state index contributed by atoms with van der Waals surface area (Å²) in [5.74, 6) is -3.17. The number of hydrogen-bond acceptors (Lipinski definition) is 17. The maximum atomic E-state index is 13.8. The molecule has 2 fully saturated rings. The average Bonchev–Trinajstić information content (AvgIpc) is 0.783. The van der Waals surface area contributed by atoms with Crippen LogP contribution in [-0.4, -0.2) is 133 Å². The molecule has 646 valence electrons. The number of aliphatic hydroxyl groups is 1. The molecule has 2 aliphatic heterocycles. The van der Waals surface area contributed by atoms with E-state index in [1.165, 1.54) is 28.4 Å². The minimum Gasteiger partial charge on any atom is -0.478 e. The van der Waals surface area contributed by atoms with Gasteiger partial charge >= 0.3 is 29.8 Å². The molecule has 0 radical (unpaired) electrons. The number of piperidine rings is 2. The second-order valence-electron chi connectivity index (χ2n) is 32.5. The van der Waals surface area contributed by atoms with E-state index >= 15 is 0 Å². The van der Waals surface area contributed by atoms with Crippen molar-refractivity contribution in [3.63, 3.8) is 0 Å². The van der Waals surface area contributed by atoms with E-state index in [1.54, 1.807) is 49.4 Å². The van der Waals surface area contributed by atoms with Crippen LogP contribution in [0.4, 0.5) is 34.1 Å². The zero-order valence-corrected chi connectivity index (χ0v) is 77.4. The van der Waals surface area contributed by atoms with E-state index in [2.05, 4.69) is 114 Å². The Bertz CT molecular complexity index is 6070. The van der Waals surface area contributed by atoms with Crippen LogP contribution in [0.1, 0.15) is 174 Å². The first kappa shape index (κ1) is 94.2. The van der Waals surface area contributed by atoms with Crippen LogP contribution in [0.25, 0.3) is 43.1 Å². The van der Waals surface area contributed by atoms with Crippen molar-refractivity contribution >= 4 is 165 Å². The Hall–Kier alpha value is -12.1. The van der Waals surface area contributed by atoms with Crippen LogP contribution in [0.3, 0.4) is 0 Å². The number of nitrogens with two attached hydrogens (primary N) is 1. The van der Waals surface area contributed by atoms with Gasteiger partial charge in [0.25, 0.3) is 17.7 Å². The third-order valence-corrected chi connectivity index (χ3v) is 28.8. The molecule has 7 N–H and O–H groups in total. The number of carbonyl (C=O) groups excluding carboxylic acids is 7. The molecule has 0 aromatic heterocycles. The molecule has 3 amide bonds. The second-order valence-corrected chi connectivity index (χ2v) is 39.0. The summed E-state index contributed by atoms with van der Waals surface area (Å²) in [4.78, 5) is 103. The van der Waals surface area contributed by atoms with E-state index in [1.807, 2.05) is 182 Å². The van der Waals surface area contributed by atoms with Crippen molar-refractivity contribution in [1.29, 1.82) is 0 Å². The molecule has 12 aromatic rings. The molecule has 14 rings (SSSR count). The monoisotopic (exact) mass is 1820 g/mol. The molecule has 0 saturated carbocycles. The number of carboxylic acid groups (broad SMARTS) is 1. The van der Waals surface area contributed by atoms with Gasteiger partial charge in [-0.15, -0.1) is 0 Å². The largest absolute Gasteiger partial charge is 0.478 e. The van der Waals surface area contributed by atoms with Gasteiger partial charge < -0.3 is 65.1 Å². The minimum absolute atomic E-state index is 0.192. The quantitative estimate of drug-likeness (QED) is 0.0241. The molecule has 2 heterocycles.